The summed E-state index contributed by atoms with van der Waals surface area (Å²) in [6.07, 6.45) is -17.5. The number of nitro benzene ring substituents is 1. The Bertz CT molecular complexity index is 808. The molecule has 166 valence electrons. The van der Waals surface area contributed by atoms with Crippen molar-refractivity contribution in [3.8, 4) is 0 Å². The first-order valence-electron chi connectivity index (χ1n) is 7.70. The third-order valence-corrected chi connectivity index (χ3v) is 3.80. The lowest BCUT2D eigenvalue weighted by Gasteiger charge is -2.30. The molecule has 1 aromatic carbocycles. The maximum Gasteiger partial charge on any atom is 0.465 e. The molecule has 1 aliphatic rings. The molecule has 1 aliphatic heterocycles. The Balaban J connectivity index is 2.27. The van der Waals surface area contributed by atoms with Crippen molar-refractivity contribution in [3.63, 3.8) is 0 Å². The smallest absolute Gasteiger partial charge is 0.465 e. The normalized spacial score (nSPS) is 19.8. The van der Waals surface area contributed by atoms with Crippen LogP contribution in [0.4, 0.5) is 32.0 Å². The van der Waals surface area contributed by atoms with Crippen molar-refractivity contribution < 1.29 is 59.8 Å². The van der Waals surface area contributed by atoms with Crippen molar-refractivity contribution in [2.45, 2.75) is 37.0 Å². The molecule has 15 heteroatoms. The summed E-state index contributed by atoms with van der Waals surface area (Å²) in [5, 5.41) is 10.6. The Kier molecular flexibility index (Phi) is 6.27. The van der Waals surface area contributed by atoms with Gasteiger partial charge in [0.25, 0.3) is 5.69 Å². The van der Waals surface area contributed by atoms with Crippen LogP contribution in [-0.2, 0) is 35.1 Å². The highest BCUT2D eigenvalue weighted by molar-refractivity contribution is 5.87. The quantitative estimate of drug-likeness (QED) is 0.283. The number of hydrogen-bond donors (Lipinski definition) is 0. The minimum absolute atomic E-state index is 0.138. The number of non-ortho nitro benzene ring substituents is 1. The van der Waals surface area contributed by atoms with Crippen LogP contribution in [0, 0.1) is 10.1 Å². The van der Waals surface area contributed by atoms with Crippen LogP contribution in [0.25, 0.3) is 0 Å². The fourth-order valence-corrected chi connectivity index (χ4v) is 2.34. The Hall–Kier alpha value is -2.94. The highest BCUT2D eigenvalue weighted by atomic mass is 19.4. The van der Waals surface area contributed by atoms with Gasteiger partial charge in [-0.1, -0.05) is 0 Å². The zero-order valence-electron chi connectivity index (χ0n) is 14.7. The standard InChI is InChI=1S/C15H11F6NO8/c1-27-11(23)9(28-6-7-2-4-8(5-3-7)22(25)26)10-12(24)30-13(29-10,14(16,17)18)15(19,20)21/h2-5,9-10H,6H2,1H3/t9-,10-/m1/s1. The second-order valence-corrected chi connectivity index (χ2v) is 5.75. The SMILES string of the molecule is COC(=O)[C@H](OCc1ccc([N+](=O)[O-])cc1)[C@H]1OC(C(F)(F)F)(C(F)(F)F)OC1=O. The van der Waals surface area contributed by atoms with Crippen molar-refractivity contribution in [3.05, 3.63) is 39.9 Å². The molecule has 9 nitrogen and oxygen atoms in total. The van der Waals surface area contributed by atoms with E-state index in [0.29, 0.717) is 0 Å². The largest absolute Gasteiger partial charge is 0.467 e. The van der Waals surface area contributed by atoms with Gasteiger partial charge in [0.2, 0.25) is 0 Å². The van der Waals surface area contributed by atoms with Gasteiger partial charge in [0.15, 0.2) is 12.2 Å². The minimum atomic E-state index is -6.21. The number of cyclic esters (lactones) is 1. The summed E-state index contributed by atoms with van der Waals surface area (Å²) in [6.45, 7) is -0.643. The fourth-order valence-electron chi connectivity index (χ4n) is 2.34. The number of halogens is 6. The molecule has 1 saturated heterocycles. The molecule has 0 aromatic heterocycles. The molecular formula is C15H11F6NO8. The number of methoxy groups -OCH3 is 1. The van der Waals surface area contributed by atoms with Gasteiger partial charge in [0.05, 0.1) is 18.6 Å². The molecule has 0 aliphatic carbocycles. The predicted molar refractivity (Wildman–Crippen MR) is 79.5 cm³/mol. The molecule has 1 fully saturated rings. The second kappa shape index (κ2) is 8.06. The van der Waals surface area contributed by atoms with E-state index in [-0.39, 0.29) is 11.3 Å². The first-order valence-corrected chi connectivity index (χ1v) is 7.70. The van der Waals surface area contributed by atoms with E-state index in [1.807, 2.05) is 0 Å². The Morgan fingerprint density at radius 1 is 1.20 bits per heavy atom. The van der Waals surface area contributed by atoms with Gasteiger partial charge in [-0.25, -0.2) is 9.59 Å². The van der Waals surface area contributed by atoms with Crippen LogP contribution in [0.1, 0.15) is 5.56 Å². The van der Waals surface area contributed by atoms with Gasteiger partial charge in [-0.2, -0.15) is 26.3 Å². The molecule has 30 heavy (non-hydrogen) atoms. The lowest BCUT2D eigenvalue weighted by atomic mass is 10.2. The molecule has 0 amide bonds. The lowest BCUT2D eigenvalue weighted by molar-refractivity contribution is -0.440. The summed E-state index contributed by atoms with van der Waals surface area (Å²) in [4.78, 5) is 33.5. The van der Waals surface area contributed by atoms with E-state index in [1.54, 1.807) is 0 Å². The number of hydrogen-bond acceptors (Lipinski definition) is 8. The van der Waals surface area contributed by atoms with Gasteiger partial charge in [-0.15, -0.1) is 0 Å². The molecule has 2 rings (SSSR count). The number of nitrogens with zero attached hydrogens (tertiary/aromatic N) is 1. The molecule has 1 heterocycles. The second-order valence-electron chi connectivity index (χ2n) is 5.75. The summed E-state index contributed by atoms with van der Waals surface area (Å²) in [6, 6.07) is 4.36. The van der Waals surface area contributed by atoms with Crippen LogP contribution in [0.3, 0.4) is 0 Å². The van der Waals surface area contributed by atoms with Gasteiger partial charge in [-0.05, 0) is 17.7 Å². The maximum atomic E-state index is 13.0. The molecule has 1 aromatic rings. The Labute approximate surface area is 162 Å². The van der Waals surface area contributed by atoms with Crippen LogP contribution in [0.2, 0.25) is 0 Å². The van der Waals surface area contributed by atoms with E-state index >= 15 is 0 Å². The van der Waals surface area contributed by atoms with Crippen molar-refractivity contribution in [2.75, 3.05) is 7.11 Å². The summed E-state index contributed by atoms with van der Waals surface area (Å²) in [7, 11) is 0.742. The molecule has 2 atom stereocenters. The number of nitro groups is 1. The van der Waals surface area contributed by atoms with E-state index in [1.165, 1.54) is 0 Å². The molecular weight excluding hydrogens is 436 g/mol. The van der Waals surface area contributed by atoms with Gasteiger partial charge in [0, 0.05) is 12.1 Å². The van der Waals surface area contributed by atoms with Crippen LogP contribution in [0.5, 0.6) is 0 Å². The molecule has 0 bridgehead atoms. The summed E-state index contributed by atoms with van der Waals surface area (Å²) in [5.74, 6) is -8.95. The van der Waals surface area contributed by atoms with Crippen molar-refractivity contribution in [2.24, 2.45) is 0 Å². The number of carbonyl (C=O) groups is 2. The number of benzene rings is 1. The molecule has 0 spiro atoms. The van der Waals surface area contributed by atoms with Crippen molar-refractivity contribution in [1.82, 2.24) is 0 Å². The molecule has 0 saturated carbocycles. The van der Waals surface area contributed by atoms with E-state index in [0.717, 1.165) is 31.4 Å². The Morgan fingerprint density at radius 3 is 2.13 bits per heavy atom. The summed E-state index contributed by atoms with van der Waals surface area (Å²) in [5.41, 5.74) is -0.176. The first-order chi connectivity index (χ1) is 13.7. The van der Waals surface area contributed by atoms with Gasteiger partial charge < -0.3 is 18.9 Å². The number of ether oxygens (including phenoxy) is 4. The van der Waals surface area contributed by atoms with E-state index in [9.17, 15) is 46.0 Å². The monoisotopic (exact) mass is 447 g/mol. The third kappa shape index (κ3) is 4.30. The highest BCUT2D eigenvalue weighted by Gasteiger charge is 2.81. The number of carbonyl (C=O) groups excluding carboxylic acids is 2. The van der Waals surface area contributed by atoms with Gasteiger partial charge >= 0.3 is 30.1 Å². The third-order valence-electron chi connectivity index (χ3n) is 3.80. The highest BCUT2D eigenvalue weighted by Crippen LogP contribution is 2.51. The van der Waals surface area contributed by atoms with E-state index in [4.69, 9.17) is 4.74 Å². The molecule has 0 radical (unpaired) electrons. The zero-order valence-corrected chi connectivity index (χ0v) is 14.7. The summed E-state index contributed by atoms with van der Waals surface area (Å²) < 4.78 is 94.7. The first kappa shape index (κ1) is 23.3. The van der Waals surface area contributed by atoms with Crippen molar-refractivity contribution >= 4 is 17.6 Å². The van der Waals surface area contributed by atoms with Gasteiger partial charge in [0.1, 0.15) is 0 Å². The predicted octanol–water partition coefficient (Wildman–Crippen LogP) is 2.42. The van der Waals surface area contributed by atoms with E-state index in [2.05, 4.69) is 14.2 Å². The van der Waals surface area contributed by atoms with Crippen LogP contribution < -0.4 is 0 Å². The number of alkyl halides is 6. The van der Waals surface area contributed by atoms with E-state index < -0.39 is 53.8 Å². The number of rotatable bonds is 6. The average molecular weight is 447 g/mol. The van der Waals surface area contributed by atoms with Crippen molar-refractivity contribution in [1.29, 1.82) is 0 Å². The summed E-state index contributed by atoms with van der Waals surface area (Å²) >= 11 is 0. The van der Waals surface area contributed by atoms with Crippen LogP contribution in [-0.4, -0.2) is 54.3 Å². The zero-order chi connectivity index (χ0) is 22.9. The Morgan fingerprint density at radius 2 is 1.73 bits per heavy atom. The number of esters is 2. The fraction of sp³-hybridized carbons (Fsp3) is 0.467. The van der Waals surface area contributed by atoms with Crippen LogP contribution in [0.15, 0.2) is 24.3 Å². The lowest BCUT2D eigenvalue weighted by Crippen LogP contribution is -2.58. The maximum absolute atomic E-state index is 13.0. The average Bonchev–Trinajstić information content (AvgIpc) is 3.00. The topological polar surface area (TPSA) is 114 Å². The van der Waals surface area contributed by atoms with Gasteiger partial charge in [-0.3, -0.25) is 10.1 Å². The molecule has 0 N–H and O–H groups in total. The van der Waals surface area contributed by atoms with Crippen LogP contribution >= 0.6 is 0 Å². The molecule has 0 unspecified atom stereocenters. The minimum Gasteiger partial charge on any atom is -0.467 e.